The maximum atomic E-state index is 5.80. The summed E-state index contributed by atoms with van der Waals surface area (Å²) >= 11 is 0. The molecule has 1 saturated heterocycles. The highest BCUT2D eigenvalue weighted by Gasteiger charge is 2.34. The van der Waals surface area contributed by atoms with Gasteiger partial charge in [-0.15, -0.1) is 0 Å². The molecule has 2 heterocycles. The average Bonchev–Trinajstić information content (AvgIpc) is 2.52. The maximum absolute atomic E-state index is 5.80. The number of likely N-dealkylation sites (tertiary alicyclic amines) is 1. The van der Waals surface area contributed by atoms with Crippen molar-refractivity contribution in [2.24, 2.45) is 5.92 Å². The molecule has 80 valence electrons. The molecular weight excluding hydrogens is 186 g/mol. The van der Waals surface area contributed by atoms with Crippen molar-refractivity contribution >= 4 is 0 Å². The highest BCUT2D eigenvalue weighted by molar-refractivity contribution is 5.38. The van der Waals surface area contributed by atoms with Gasteiger partial charge in [0, 0.05) is 19.0 Å². The summed E-state index contributed by atoms with van der Waals surface area (Å²) in [7, 11) is 2.22. The lowest BCUT2D eigenvalue weighted by Gasteiger charge is -2.15. The van der Waals surface area contributed by atoms with Crippen LogP contribution in [0.4, 0.5) is 0 Å². The van der Waals surface area contributed by atoms with Gasteiger partial charge >= 0.3 is 0 Å². The number of fused-ring (bicyclic) bond motifs is 3. The summed E-state index contributed by atoms with van der Waals surface area (Å²) in [5.41, 5.74) is 1.42. The van der Waals surface area contributed by atoms with Crippen LogP contribution < -0.4 is 4.74 Å². The molecule has 0 saturated carbocycles. The van der Waals surface area contributed by atoms with Gasteiger partial charge in [-0.25, -0.2) is 0 Å². The monoisotopic (exact) mass is 203 g/mol. The van der Waals surface area contributed by atoms with E-state index in [4.69, 9.17) is 4.74 Å². The molecule has 3 rings (SSSR count). The fourth-order valence-electron chi connectivity index (χ4n) is 2.97. The molecule has 0 bridgehead atoms. The van der Waals surface area contributed by atoms with Crippen molar-refractivity contribution in [3.05, 3.63) is 29.8 Å². The molecule has 0 aliphatic carbocycles. The second kappa shape index (κ2) is 3.53. The van der Waals surface area contributed by atoms with Gasteiger partial charge in [-0.3, -0.25) is 0 Å². The molecule has 2 aliphatic rings. The van der Waals surface area contributed by atoms with Crippen molar-refractivity contribution in [3.63, 3.8) is 0 Å². The Labute approximate surface area is 90.8 Å². The second-order valence-corrected chi connectivity index (χ2v) is 4.76. The Bertz CT molecular complexity index is 363. The Hall–Kier alpha value is -1.02. The van der Waals surface area contributed by atoms with Gasteiger partial charge in [0.2, 0.25) is 0 Å². The summed E-state index contributed by atoms with van der Waals surface area (Å²) in [5, 5.41) is 0. The summed E-state index contributed by atoms with van der Waals surface area (Å²) in [6, 6.07) is 8.54. The molecule has 2 nitrogen and oxygen atoms in total. The Morgan fingerprint density at radius 1 is 1.27 bits per heavy atom. The lowest BCUT2D eigenvalue weighted by atomic mass is 9.87. The van der Waals surface area contributed by atoms with Gasteiger partial charge in [0.1, 0.15) is 5.75 Å². The molecule has 0 spiro atoms. The third kappa shape index (κ3) is 1.53. The van der Waals surface area contributed by atoms with E-state index in [9.17, 15) is 0 Å². The first kappa shape index (κ1) is 9.22. The fraction of sp³-hybridized carbons (Fsp3) is 0.538. The van der Waals surface area contributed by atoms with Crippen molar-refractivity contribution < 1.29 is 4.74 Å². The number of likely N-dealkylation sites (N-methyl/N-ethyl adjacent to an activating group) is 1. The van der Waals surface area contributed by atoms with Gasteiger partial charge in [-0.05, 0) is 31.0 Å². The van der Waals surface area contributed by atoms with E-state index in [1.807, 2.05) is 0 Å². The molecule has 15 heavy (non-hydrogen) atoms. The van der Waals surface area contributed by atoms with Crippen LogP contribution in [0.1, 0.15) is 17.9 Å². The predicted octanol–water partition coefficient (Wildman–Crippen LogP) is 2.11. The van der Waals surface area contributed by atoms with Crippen LogP contribution in [-0.4, -0.2) is 31.6 Å². The van der Waals surface area contributed by atoms with Gasteiger partial charge < -0.3 is 9.64 Å². The first-order chi connectivity index (χ1) is 7.34. The van der Waals surface area contributed by atoms with Crippen molar-refractivity contribution in [1.29, 1.82) is 0 Å². The molecule has 0 radical (unpaired) electrons. The van der Waals surface area contributed by atoms with E-state index in [0.717, 1.165) is 18.3 Å². The molecular formula is C13H17NO. The number of hydrogen-bond acceptors (Lipinski definition) is 2. The lowest BCUT2D eigenvalue weighted by Crippen LogP contribution is -2.15. The van der Waals surface area contributed by atoms with Crippen LogP contribution in [0.3, 0.4) is 0 Å². The number of para-hydroxylation sites is 1. The lowest BCUT2D eigenvalue weighted by molar-refractivity contribution is 0.286. The van der Waals surface area contributed by atoms with Crippen LogP contribution in [0.5, 0.6) is 5.75 Å². The van der Waals surface area contributed by atoms with E-state index in [2.05, 4.69) is 36.2 Å². The Balaban J connectivity index is 2.01. The fourth-order valence-corrected chi connectivity index (χ4v) is 2.97. The maximum Gasteiger partial charge on any atom is 0.122 e. The first-order valence-corrected chi connectivity index (χ1v) is 5.75. The summed E-state index contributed by atoms with van der Waals surface area (Å²) in [6.45, 7) is 3.29. The van der Waals surface area contributed by atoms with E-state index in [-0.39, 0.29) is 0 Å². The van der Waals surface area contributed by atoms with Gasteiger partial charge in [0.05, 0.1) is 6.61 Å². The highest BCUT2D eigenvalue weighted by Crippen LogP contribution is 2.40. The van der Waals surface area contributed by atoms with Crippen LogP contribution in [0.15, 0.2) is 24.3 Å². The Kier molecular flexibility index (Phi) is 2.17. The van der Waals surface area contributed by atoms with E-state index in [0.29, 0.717) is 5.92 Å². The zero-order chi connectivity index (χ0) is 10.3. The largest absolute Gasteiger partial charge is 0.493 e. The van der Waals surface area contributed by atoms with E-state index in [1.165, 1.54) is 25.1 Å². The van der Waals surface area contributed by atoms with Gasteiger partial charge in [0.15, 0.2) is 0 Å². The predicted molar refractivity (Wildman–Crippen MR) is 60.3 cm³/mol. The smallest absolute Gasteiger partial charge is 0.122 e. The summed E-state index contributed by atoms with van der Waals surface area (Å²) < 4.78 is 5.80. The second-order valence-electron chi connectivity index (χ2n) is 4.76. The van der Waals surface area contributed by atoms with Gasteiger partial charge in [-0.1, -0.05) is 18.2 Å². The molecule has 0 amide bonds. The summed E-state index contributed by atoms with van der Waals surface area (Å²) in [6.07, 6.45) is 1.20. The van der Waals surface area contributed by atoms with Gasteiger partial charge in [-0.2, -0.15) is 0 Å². The SMILES string of the molecule is CN1C[C@@H]2CCOc3ccccc3[C@H]2C1. The van der Waals surface area contributed by atoms with Gasteiger partial charge in [0.25, 0.3) is 0 Å². The first-order valence-electron chi connectivity index (χ1n) is 5.75. The van der Waals surface area contributed by atoms with Crippen molar-refractivity contribution in [3.8, 4) is 5.75 Å². The minimum Gasteiger partial charge on any atom is -0.493 e. The average molecular weight is 203 g/mol. The highest BCUT2D eigenvalue weighted by atomic mass is 16.5. The number of rotatable bonds is 0. The van der Waals surface area contributed by atoms with E-state index >= 15 is 0 Å². The topological polar surface area (TPSA) is 12.5 Å². The number of benzene rings is 1. The van der Waals surface area contributed by atoms with Crippen LogP contribution in [0.25, 0.3) is 0 Å². The minimum atomic E-state index is 0.689. The normalized spacial score (nSPS) is 30.2. The molecule has 2 aliphatic heterocycles. The Morgan fingerprint density at radius 3 is 3.07 bits per heavy atom. The zero-order valence-electron chi connectivity index (χ0n) is 9.15. The molecule has 2 heteroatoms. The van der Waals surface area contributed by atoms with Crippen molar-refractivity contribution in [2.75, 3.05) is 26.7 Å². The molecule has 1 aromatic rings. The molecule has 1 aromatic carbocycles. The van der Waals surface area contributed by atoms with Crippen molar-refractivity contribution in [1.82, 2.24) is 4.90 Å². The number of ether oxygens (including phenoxy) is 1. The van der Waals surface area contributed by atoms with Crippen LogP contribution in [0.2, 0.25) is 0 Å². The quantitative estimate of drug-likeness (QED) is 0.640. The molecule has 0 aromatic heterocycles. The molecule has 0 unspecified atom stereocenters. The standard InChI is InChI=1S/C13H17NO/c1-14-8-10-6-7-15-13-5-3-2-4-11(13)12(10)9-14/h2-5,10,12H,6-9H2,1H3/t10-,12-/m0/s1. The van der Waals surface area contributed by atoms with Crippen LogP contribution >= 0.6 is 0 Å². The van der Waals surface area contributed by atoms with E-state index in [1.54, 1.807) is 0 Å². The van der Waals surface area contributed by atoms with E-state index < -0.39 is 0 Å². The zero-order valence-corrected chi connectivity index (χ0v) is 9.15. The van der Waals surface area contributed by atoms with Crippen LogP contribution in [-0.2, 0) is 0 Å². The molecule has 2 atom stereocenters. The molecule has 1 fully saturated rings. The third-order valence-corrected chi connectivity index (χ3v) is 3.69. The number of hydrogen-bond donors (Lipinski definition) is 0. The minimum absolute atomic E-state index is 0.689. The number of nitrogens with zero attached hydrogens (tertiary/aromatic N) is 1. The van der Waals surface area contributed by atoms with Crippen molar-refractivity contribution in [2.45, 2.75) is 12.3 Å². The summed E-state index contributed by atoms with van der Waals surface area (Å²) in [4.78, 5) is 2.44. The summed E-state index contributed by atoms with van der Waals surface area (Å²) in [5.74, 6) is 2.59. The Morgan fingerprint density at radius 2 is 2.13 bits per heavy atom. The molecule has 0 N–H and O–H groups in total. The van der Waals surface area contributed by atoms with Crippen LogP contribution in [0, 0.1) is 5.92 Å². The third-order valence-electron chi connectivity index (χ3n) is 3.69.